The summed E-state index contributed by atoms with van der Waals surface area (Å²) in [6, 6.07) is -2.51. The van der Waals surface area contributed by atoms with Gasteiger partial charge in [-0.2, -0.15) is 13.2 Å². The average molecular weight is 278 g/mol. The second kappa shape index (κ2) is 4.68. The van der Waals surface area contributed by atoms with Crippen molar-refractivity contribution in [3.8, 4) is 0 Å². The Labute approximate surface area is 109 Å². The maximum atomic E-state index is 12.4. The molecule has 0 aromatic carbocycles. The third-order valence-electron chi connectivity index (χ3n) is 3.71. The van der Waals surface area contributed by atoms with Gasteiger partial charge in [-0.25, -0.2) is 0 Å². The molecule has 0 aromatic heterocycles. The molecule has 0 radical (unpaired) electrons. The lowest BCUT2D eigenvalue weighted by Gasteiger charge is -2.41. The first-order valence-corrected chi connectivity index (χ1v) is 6.40. The Morgan fingerprint density at radius 3 is 2.42 bits per heavy atom. The Balaban J connectivity index is 2.15. The van der Waals surface area contributed by atoms with Gasteiger partial charge in [0.2, 0.25) is 11.8 Å². The number of carbonyl (C=O) groups excluding carboxylic acids is 2. The number of alkyl halides is 3. The molecular weight excluding hydrogens is 261 g/mol. The number of amides is 2. The van der Waals surface area contributed by atoms with Crippen LogP contribution in [0, 0.1) is 5.92 Å². The van der Waals surface area contributed by atoms with Gasteiger partial charge in [-0.1, -0.05) is 0 Å². The fourth-order valence-electron chi connectivity index (χ4n) is 2.59. The van der Waals surface area contributed by atoms with Crippen LogP contribution in [-0.2, 0) is 9.59 Å². The number of piperazine rings is 1. The topological polar surface area (TPSA) is 49.4 Å². The molecule has 19 heavy (non-hydrogen) atoms. The number of nitrogens with one attached hydrogen (secondary N) is 1. The lowest BCUT2D eigenvalue weighted by atomic mass is 10.0. The van der Waals surface area contributed by atoms with Gasteiger partial charge in [0.05, 0.1) is 6.42 Å². The van der Waals surface area contributed by atoms with Crippen LogP contribution < -0.4 is 5.32 Å². The number of hydrogen-bond donors (Lipinski definition) is 1. The zero-order valence-electron chi connectivity index (χ0n) is 10.8. The highest BCUT2D eigenvalue weighted by molar-refractivity contribution is 5.97. The van der Waals surface area contributed by atoms with Crippen LogP contribution in [0.1, 0.15) is 33.1 Å². The molecule has 2 amide bonds. The average Bonchev–Trinajstić information content (AvgIpc) is 3.04. The molecule has 3 unspecified atom stereocenters. The van der Waals surface area contributed by atoms with Crippen LogP contribution in [0.25, 0.3) is 0 Å². The highest BCUT2D eigenvalue weighted by atomic mass is 19.4. The predicted octanol–water partition coefficient (Wildman–Crippen LogP) is 1.45. The third kappa shape index (κ3) is 3.01. The zero-order chi connectivity index (χ0) is 14.4. The summed E-state index contributed by atoms with van der Waals surface area (Å²) in [6.07, 6.45) is -3.75. The van der Waals surface area contributed by atoms with E-state index in [2.05, 4.69) is 5.32 Å². The second-order valence-electron chi connectivity index (χ2n) is 5.41. The maximum absolute atomic E-state index is 12.4. The Morgan fingerprint density at radius 1 is 1.37 bits per heavy atom. The maximum Gasteiger partial charge on any atom is 0.391 e. The molecule has 1 heterocycles. The van der Waals surface area contributed by atoms with Gasteiger partial charge >= 0.3 is 6.18 Å². The molecule has 1 saturated carbocycles. The van der Waals surface area contributed by atoms with Crippen LogP contribution >= 0.6 is 0 Å². The van der Waals surface area contributed by atoms with Crippen LogP contribution in [0.5, 0.6) is 0 Å². The highest BCUT2D eigenvalue weighted by Gasteiger charge is 2.48. The summed E-state index contributed by atoms with van der Waals surface area (Å²) in [4.78, 5) is 25.1. The molecule has 2 fully saturated rings. The molecular formula is C12H17F3N2O2. The first kappa shape index (κ1) is 14.1. The molecule has 2 rings (SSSR count). The normalized spacial score (nSPS) is 30.3. The number of nitrogens with zero attached hydrogens (tertiary/aromatic N) is 1. The lowest BCUT2D eigenvalue weighted by Crippen LogP contribution is -2.65. The Hall–Kier alpha value is -1.27. The molecule has 1 N–H and O–H groups in total. The minimum atomic E-state index is -4.34. The van der Waals surface area contributed by atoms with Crippen molar-refractivity contribution in [3.63, 3.8) is 0 Å². The van der Waals surface area contributed by atoms with Crippen molar-refractivity contribution in [1.82, 2.24) is 10.2 Å². The summed E-state index contributed by atoms with van der Waals surface area (Å²) in [7, 11) is 0. The Bertz CT molecular complexity index is 393. The SMILES string of the molecule is CC(CC(F)(F)F)N1C(=O)C(C2CC2)NC(=O)C1C. The van der Waals surface area contributed by atoms with Gasteiger partial charge in [0.25, 0.3) is 0 Å². The molecule has 108 valence electrons. The van der Waals surface area contributed by atoms with Gasteiger partial charge in [-0.15, -0.1) is 0 Å². The fraction of sp³-hybridized carbons (Fsp3) is 0.833. The standard InChI is InChI=1S/C12H17F3N2O2/c1-6(5-12(13,14)15)17-7(2)10(18)16-9(11(17)19)8-3-4-8/h6-9H,3-5H2,1-2H3,(H,16,18). The molecule has 2 aliphatic rings. The van der Waals surface area contributed by atoms with Gasteiger partial charge < -0.3 is 10.2 Å². The van der Waals surface area contributed by atoms with E-state index >= 15 is 0 Å². The molecule has 3 atom stereocenters. The zero-order valence-corrected chi connectivity index (χ0v) is 10.8. The minimum Gasteiger partial charge on any atom is -0.342 e. The van der Waals surface area contributed by atoms with E-state index in [0.717, 1.165) is 17.7 Å². The minimum absolute atomic E-state index is 0.0875. The molecule has 0 spiro atoms. The van der Waals surface area contributed by atoms with Gasteiger partial charge in [0.1, 0.15) is 12.1 Å². The van der Waals surface area contributed by atoms with Crippen molar-refractivity contribution in [1.29, 1.82) is 0 Å². The number of halogens is 3. The van der Waals surface area contributed by atoms with Crippen molar-refractivity contribution < 1.29 is 22.8 Å². The van der Waals surface area contributed by atoms with Crippen LogP contribution in [0.15, 0.2) is 0 Å². The van der Waals surface area contributed by atoms with E-state index in [0.29, 0.717) is 0 Å². The molecule has 1 saturated heterocycles. The molecule has 7 heteroatoms. The number of hydrogen-bond acceptors (Lipinski definition) is 2. The van der Waals surface area contributed by atoms with Crippen molar-refractivity contribution in [2.45, 2.75) is 57.4 Å². The molecule has 1 aliphatic heterocycles. The Morgan fingerprint density at radius 2 is 1.95 bits per heavy atom. The van der Waals surface area contributed by atoms with E-state index in [9.17, 15) is 22.8 Å². The summed E-state index contributed by atoms with van der Waals surface area (Å²) < 4.78 is 37.3. The summed E-state index contributed by atoms with van der Waals surface area (Å²) in [5, 5.41) is 2.61. The third-order valence-corrected chi connectivity index (χ3v) is 3.71. The Kier molecular flexibility index (Phi) is 3.49. The van der Waals surface area contributed by atoms with E-state index in [-0.39, 0.29) is 17.7 Å². The van der Waals surface area contributed by atoms with E-state index in [4.69, 9.17) is 0 Å². The summed E-state index contributed by atoms with van der Waals surface area (Å²) in [5.74, 6) is -0.665. The molecule has 0 aromatic rings. The largest absolute Gasteiger partial charge is 0.391 e. The molecule has 4 nitrogen and oxygen atoms in total. The summed E-state index contributed by atoms with van der Waals surface area (Å²) in [5.41, 5.74) is 0. The van der Waals surface area contributed by atoms with Crippen LogP contribution in [0.2, 0.25) is 0 Å². The van der Waals surface area contributed by atoms with Crippen molar-refractivity contribution in [3.05, 3.63) is 0 Å². The van der Waals surface area contributed by atoms with Gasteiger partial charge in [-0.3, -0.25) is 9.59 Å². The monoisotopic (exact) mass is 278 g/mol. The van der Waals surface area contributed by atoms with E-state index < -0.39 is 30.7 Å². The van der Waals surface area contributed by atoms with E-state index in [1.54, 1.807) is 0 Å². The van der Waals surface area contributed by atoms with E-state index in [1.165, 1.54) is 13.8 Å². The van der Waals surface area contributed by atoms with Crippen molar-refractivity contribution in [2.75, 3.05) is 0 Å². The second-order valence-corrected chi connectivity index (χ2v) is 5.41. The smallest absolute Gasteiger partial charge is 0.342 e. The van der Waals surface area contributed by atoms with Gasteiger partial charge in [-0.05, 0) is 32.6 Å². The summed E-state index contributed by atoms with van der Waals surface area (Å²) in [6.45, 7) is 2.80. The van der Waals surface area contributed by atoms with Gasteiger partial charge in [0, 0.05) is 6.04 Å². The lowest BCUT2D eigenvalue weighted by molar-refractivity contribution is -0.164. The van der Waals surface area contributed by atoms with Crippen LogP contribution in [-0.4, -0.2) is 41.0 Å². The van der Waals surface area contributed by atoms with Crippen molar-refractivity contribution in [2.24, 2.45) is 5.92 Å². The highest BCUT2D eigenvalue weighted by Crippen LogP contribution is 2.36. The fourth-order valence-corrected chi connectivity index (χ4v) is 2.59. The van der Waals surface area contributed by atoms with E-state index in [1.807, 2.05) is 0 Å². The first-order chi connectivity index (χ1) is 8.70. The van der Waals surface area contributed by atoms with Crippen molar-refractivity contribution >= 4 is 11.8 Å². The van der Waals surface area contributed by atoms with Gasteiger partial charge in [0.15, 0.2) is 0 Å². The van der Waals surface area contributed by atoms with Crippen LogP contribution in [0.4, 0.5) is 13.2 Å². The van der Waals surface area contributed by atoms with Crippen LogP contribution in [0.3, 0.4) is 0 Å². The molecule has 1 aliphatic carbocycles. The summed E-state index contributed by atoms with van der Waals surface area (Å²) >= 11 is 0. The number of carbonyl (C=O) groups is 2. The predicted molar refractivity (Wildman–Crippen MR) is 61.1 cm³/mol. The first-order valence-electron chi connectivity index (χ1n) is 6.40. The number of rotatable bonds is 3. The molecule has 0 bridgehead atoms. The quantitative estimate of drug-likeness (QED) is 0.849.